The molecular weight excluding hydrogens is 396 g/mol. The third-order valence-corrected chi connectivity index (χ3v) is 8.95. The van der Waals surface area contributed by atoms with Crippen molar-refractivity contribution in [3.05, 3.63) is 83.9 Å². The van der Waals surface area contributed by atoms with E-state index in [0.29, 0.717) is 0 Å². The maximum atomic E-state index is 2.63. The lowest BCUT2D eigenvalue weighted by molar-refractivity contribution is -0.959. The van der Waals surface area contributed by atoms with Crippen LogP contribution in [0.15, 0.2) is 82.6 Å². The molecule has 0 aliphatic carbocycles. The molecule has 3 aromatic carbocycles. The van der Waals surface area contributed by atoms with Crippen molar-refractivity contribution in [1.82, 2.24) is 0 Å². The summed E-state index contributed by atoms with van der Waals surface area (Å²) in [6, 6.07) is 27.2. The SMILES string of the molecule is Cc1ccc(C[N+]23CCC(CC2)C(CN2c4ccccc4Sc4ccccc42)C3)cc1. The summed E-state index contributed by atoms with van der Waals surface area (Å²) in [6.45, 7) is 8.58. The molecule has 0 saturated carbocycles. The van der Waals surface area contributed by atoms with Crippen LogP contribution in [0.1, 0.15) is 24.0 Å². The standard InChI is InChI=1S/C28H31N2S/c1-21-10-12-22(13-11-21)19-30-16-14-23(15-17-30)24(20-30)18-29-25-6-2-4-8-27(25)31-28-9-5-3-7-26(28)29/h2-13,23-24H,14-20H2,1H3/q+1. The summed E-state index contributed by atoms with van der Waals surface area (Å²) in [4.78, 5) is 5.42. The van der Waals surface area contributed by atoms with Gasteiger partial charge in [-0.15, -0.1) is 0 Å². The first-order valence-corrected chi connectivity index (χ1v) is 12.5. The number of piperidine rings is 3. The van der Waals surface area contributed by atoms with Crippen LogP contribution in [0.25, 0.3) is 0 Å². The predicted molar refractivity (Wildman–Crippen MR) is 130 cm³/mol. The average molecular weight is 428 g/mol. The smallest absolute Gasteiger partial charge is 0.104 e. The minimum absolute atomic E-state index is 0.761. The van der Waals surface area contributed by atoms with E-state index in [2.05, 4.69) is 84.6 Å². The second-order valence-electron chi connectivity index (χ2n) is 9.86. The second-order valence-corrected chi connectivity index (χ2v) is 10.9. The molecule has 0 spiro atoms. The summed E-state index contributed by atoms with van der Waals surface area (Å²) in [5.74, 6) is 1.64. The normalized spacial score (nSPS) is 26.4. The number of aryl methyl sites for hydroxylation is 1. The number of benzene rings is 3. The molecule has 1 unspecified atom stereocenters. The lowest BCUT2D eigenvalue weighted by Crippen LogP contribution is -2.62. The van der Waals surface area contributed by atoms with Crippen LogP contribution < -0.4 is 4.90 Å². The monoisotopic (exact) mass is 427 g/mol. The number of anilines is 2. The number of hydrogen-bond donors (Lipinski definition) is 0. The highest BCUT2D eigenvalue weighted by molar-refractivity contribution is 7.99. The average Bonchev–Trinajstić information content (AvgIpc) is 2.81. The Bertz CT molecular complexity index is 1040. The number of fused-ring (bicyclic) bond motifs is 5. The topological polar surface area (TPSA) is 3.24 Å². The number of nitrogens with zero attached hydrogens (tertiary/aromatic N) is 2. The van der Waals surface area contributed by atoms with Gasteiger partial charge in [-0.05, 0) is 37.1 Å². The summed E-state index contributed by atoms with van der Waals surface area (Å²) in [7, 11) is 0. The van der Waals surface area contributed by atoms with Crippen LogP contribution in [0.4, 0.5) is 11.4 Å². The number of quaternary nitrogens is 1. The molecule has 1 atom stereocenters. The Labute approximate surface area is 190 Å². The minimum Gasteiger partial charge on any atom is -0.339 e. The summed E-state index contributed by atoms with van der Waals surface area (Å²) >= 11 is 1.92. The molecule has 2 bridgehead atoms. The van der Waals surface area contributed by atoms with Crippen LogP contribution >= 0.6 is 11.8 Å². The Hall–Kier alpha value is -2.23. The first-order valence-electron chi connectivity index (χ1n) is 11.7. The zero-order chi connectivity index (χ0) is 20.8. The van der Waals surface area contributed by atoms with Crippen LogP contribution in [-0.4, -0.2) is 30.7 Å². The van der Waals surface area contributed by atoms with E-state index in [1.807, 2.05) is 11.8 Å². The highest BCUT2D eigenvalue weighted by Crippen LogP contribution is 2.49. The van der Waals surface area contributed by atoms with E-state index >= 15 is 0 Å². The van der Waals surface area contributed by atoms with E-state index in [4.69, 9.17) is 0 Å². The van der Waals surface area contributed by atoms with Crippen LogP contribution in [0, 0.1) is 18.8 Å². The van der Waals surface area contributed by atoms with Crippen LogP contribution in [0.2, 0.25) is 0 Å². The van der Waals surface area contributed by atoms with Crippen LogP contribution in [0.3, 0.4) is 0 Å². The molecule has 7 rings (SSSR count). The fourth-order valence-electron chi connectivity index (χ4n) is 6.16. The predicted octanol–water partition coefficient (Wildman–Crippen LogP) is 6.65. The molecule has 2 nitrogen and oxygen atoms in total. The molecule has 3 saturated heterocycles. The van der Waals surface area contributed by atoms with Crippen molar-refractivity contribution in [1.29, 1.82) is 0 Å². The summed E-state index contributed by atoms with van der Waals surface area (Å²) < 4.78 is 1.29. The fourth-order valence-corrected chi connectivity index (χ4v) is 7.25. The van der Waals surface area contributed by atoms with E-state index in [1.54, 1.807) is 0 Å². The lowest BCUT2D eigenvalue weighted by Gasteiger charge is -2.54. The van der Waals surface area contributed by atoms with Crippen molar-refractivity contribution in [3.63, 3.8) is 0 Å². The quantitative estimate of drug-likeness (QED) is 0.429. The van der Waals surface area contributed by atoms with Gasteiger partial charge in [0.2, 0.25) is 0 Å². The van der Waals surface area contributed by atoms with Gasteiger partial charge in [0.15, 0.2) is 0 Å². The Morgan fingerprint density at radius 1 is 0.839 bits per heavy atom. The van der Waals surface area contributed by atoms with Gasteiger partial charge in [0.05, 0.1) is 31.0 Å². The summed E-state index contributed by atoms with van der Waals surface area (Å²) in [5, 5.41) is 0. The van der Waals surface area contributed by atoms with Crippen molar-refractivity contribution in [2.75, 3.05) is 31.1 Å². The van der Waals surface area contributed by atoms with E-state index in [9.17, 15) is 0 Å². The molecule has 31 heavy (non-hydrogen) atoms. The van der Waals surface area contributed by atoms with Crippen molar-refractivity contribution in [2.45, 2.75) is 36.1 Å². The van der Waals surface area contributed by atoms with E-state index < -0.39 is 0 Å². The van der Waals surface area contributed by atoms with Crippen LogP contribution in [0.5, 0.6) is 0 Å². The third kappa shape index (κ3) is 3.58. The number of para-hydroxylation sites is 2. The highest BCUT2D eigenvalue weighted by atomic mass is 32.2. The molecule has 4 aliphatic heterocycles. The molecule has 158 valence electrons. The van der Waals surface area contributed by atoms with Crippen LogP contribution in [-0.2, 0) is 6.54 Å². The molecule has 3 heteroatoms. The molecule has 0 radical (unpaired) electrons. The summed E-state index contributed by atoms with van der Waals surface area (Å²) in [6.07, 6.45) is 2.78. The molecule has 3 fully saturated rings. The Morgan fingerprint density at radius 2 is 1.45 bits per heavy atom. The van der Waals surface area contributed by atoms with Gasteiger partial charge in [0, 0.05) is 40.7 Å². The van der Waals surface area contributed by atoms with Gasteiger partial charge in [-0.1, -0.05) is 65.9 Å². The molecule has 3 aromatic rings. The van der Waals surface area contributed by atoms with Gasteiger partial charge < -0.3 is 9.38 Å². The largest absolute Gasteiger partial charge is 0.339 e. The van der Waals surface area contributed by atoms with Gasteiger partial charge in [0.1, 0.15) is 6.54 Å². The molecule has 0 N–H and O–H groups in total. The Morgan fingerprint density at radius 3 is 2.10 bits per heavy atom. The molecule has 0 amide bonds. The first-order chi connectivity index (χ1) is 15.2. The van der Waals surface area contributed by atoms with Crippen molar-refractivity contribution < 1.29 is 4.48 Å². The van der Waals surface area contributed by atoms with E-state index in [1.165, 1.54) is 75.8 Å². The maximum Gasteiger partial charge on any atom is 0.104 e. The Balaban J connectivity index is 1.28. The van der Waals surface area contributed by atoms with E-state index in [-0.39, 0.29) is 0 Å². The van der Waals surface area contributed by atoms with Gasteiger partial charge in [-0.3, -0.25) is 0 Å². The van der Waals surface area contributed by atoms with Gasteiger partial charge >= 0.3 is 0 Å². The minimum atomic E-state index is 0.761. The van der Waals surface area contributed by atoms with Gasteiger partial charge in [0.25, 0.3) is 0 Å². The molecular formula is C28H31N2S+. The molecule has 0 aromatic heterocycles. The first kappa shape index (κ1) is 19.5. The molecule has 4 heterocycles. The van der Waals surface area contributed by atoms with Gasteiger partial charge in [-0.25, -0.2) is 0 Å². The second kappa shape index (κ2) is 7.72. The zero-order valence-electron chi connectivity index (χ0n) is 18.3. The third-order valence-electron chi connectivity index (χ3n) is 7.82. The van der Waals surface area contributed by atoms with Crippen molar-refractivity contribution >= 4 is 23.1 Å². The van der Waals surface area contributed by atoms with Gasteiger partial charge in [-0.2, -0.15) is 0 Å². The number of rotatable bonds is 4. The van der Waals surface area contributed by atoms with Crippen molar-refractivity contribution in [3.8, 4) is 0 Å². The number of hydrogen-bond acceptors (Lipinski definition) is 2. The highest BCUT2D eigenvalue weighted by Gasteiger charge is 2.46. The van der Waals surface area contributed by atoms with Crippen molar-refractivity contribution in [2.24, 2.45) is 11.8 Å². The van der Waals surface area contributed by atoms with E-state index in [0.717, 1.165) is 18.4 Å². The Kier molecular flexibility index (Phi) is 4.85. The maximum absolute atomic E-state index is 2.63. The fraction of sp³-hybridized carbons (Fsp3) is 0.357. The molecule has 4 aliphatic rings. The lowest BCUT2D eigenvalue weighted by atomic mass is 9.76. The zero-order valence-corrected chi connectivity index (χ0v) is 19.2. The summed E-state index contributed by atoms with van der Waals surface area (Å²) in [5.41, 5.74) is 5.66.